The Morgan fingerprint density at radius 1 is 0.923 bits per heavy atom. The molecule has 0 saturated carbocycles. The molecule has 3 heterocycles. The lowest BCUT2D eigenvalue weighted by atomic mass is 10.0. The second-order valence-corrected chi connectivity index (χ2v) is 15.3. The van der Waals surface area contributed by atoms with Crippen LogP contribution in [0.4, 0.5) is 23.1 Å². The Morgan fingerprint density at radius 2 is 1.67 bits per heavy atom. The van der Waals surface area contributed by atoms with E-state index in [-0.39, 0.29) is 0 Å². The average molecular weight is 587 g/mol. The maximum Gasteiger partial charge on any atom is 0.229 e. The Labute approximate surface area is 240 Å². The minimum Gasteiger partial charge on any atom is -0.378 e. The maximum atomic E-state index is 12.9. The number of anilines is 4. The molecule has 1 aromatic heterocycles. The van der Waals surface area contributed by atoms with Crippen molar-refractivity contribution in [2.45, 2.75) is 56.7 Å². The molecule has 0 radical (unpaired) electrons. The summed E-state index contributed by atoms with van der Waals surface area (Å²) in [5.74, 6) is 0.869. The Balaban J connectivity index is 1.18. The van der Waals surface area contributed by atoms with Crippen LogP contribution in [0.2, 0.25) is 10.0 Å². The van der Waals surface area contributed by atoms with Crippen LogP contribution in [0.1, 0.15) is 36.8 Å². The molecule has 2 bridgehead atoms. The number of morpholine rings is 1. The van der Waals surface area contributed by atoms with Crippen LogP contribution in [0.15, 0.2) is 42.6 Å². The third-order valence-corrected chi connectivity index (χ3v) is 10.3. The van der Waals surface area contributed by atoms with Gasteiger partial charge in [-0.15, -0.1) is 0 Å². The van der Waals surface area contributed by atoms with Crippen molar-refractivity contribution in [3.8, 4) is 0 Å². The van der Waals surface area contributed by atoms with E-state index in [0.717, 1.165) is 31.7 Å². The second-order valence-electron chi connectivity index (χ2n) is 11.2. The summed E-state index contributed by atoms with van der Waals surface area (Å²) >= 11 is 12.6. The van der Waals surface area contributed by atoms with Gasteiger partial charge in [-0.25, -0.2) is 4.98 Å². The van der Waals surface area contributed by atoms with Crippen molar-refractivity contribution in [1.82, 2.24) is 14.9 Å². The highest BCUT2D eigenvalue weighted by atomic mass is 35.5. The lowest BCUT2D eigenvalue weighted by Gasteiger charge is -2.40. The number of aryl methyl sites for hydroxylation is 2. The third-order valence-electron chi connectivity index (χ3n) is 8.21. The molecular weight excluding hydrogens is 552 g/mol. The van der Waals surface area contributed by atoms with Gasteiger partial charge in [-0.1, -0.05) is 29.3 Å². The minimum absolute atomic E-state index is 0.369. The molecule has 2 N–H and O–H groups in total. The molecule has 2 aromatic carbocycles. The van der Waals surface area contributed by atoms with Crippen LogP contribution < -0.4 is 15.9 Å². The van der Waals surface area contributed by atoms with Crippen molar-refractivity contribution < 1.29 is 9.30 Å². The number of ether oxygens (including phenoxy) is 1. The number of fused-ring (bicyclic) bond motifs is 3. The van der Waals surface area contributed by atoms with Crippen LogP contribution in [-0.2, 0) is 22.1 Å². The number of nitrogens with one attached hydrogen (secondary N) is 2. The molecule has 2 aliphatic heterocycles. The quantitative estimate of drug-likeness (QED) is 0.248. The van der Waals surface area contributed by atoms with Crippen LogP contribution in [0.5, 0.6) is 0 Å². The van der Waals surface area contributed by atoms with E-state index in [1.165, 1.54) is 36.8 Å². The molecule has 206 valence electrons. The summed E-state index contributed by atoms with van der Waals surface area (Å²) < 4.78 is 18.7. The molecule has 2 unspecified atom stereocenters. The van der Waals surface area contributed by atoms with E-state index in [2.05, 4.69) is 43.7 Å². The van der Waals surface area contributed by atoms with Crippen molar-refractivity contribution in [3.63, 3.8) is 0 Å². The van der Waals surface area contributed by atoms with Crippen molar-refractivity contribution >= 4 is 58.8 Å². The van der Waals surface area contributed by atoms with Gasteiger partial charge in [-0.2, -0.15) is 4.98 Å². The smallest absolute Gasteiger partial charge is 0.229 e. The first kappa shape index (κ1) is 27.0. The largest absolute Gasteiger partial charge is 0.378 e. The zero-order valence-electron chi connectivity index (χ0n) is 22.3. The monoisotopic (exact) mass is 585 g/mol. The number of rotatable bonds is 6. The fourth-order valence-electron chi connectivity index (χ4n) is 6.35. The summed E-state index contributed by atoms with van der Waals surface area (Å²) in [5.41, 5.74) is 4.43. The zero-order valence-corrected chi connectivity index (χ0v) is 24.7. The molecule has 3 aliphatic rings. The summed E-state index contributed by atoms with van der Waals surface area (Å²) in [6.07, 6.45) is 8.66. The van der Waals surface area contributed by atoms with Crippen LogP contribution in [0.25, 0.3) is 0 Å². The first-order chi connectivity index (χ1) is 18.7. The van der Waals surface area contributed by atoms with Gasteiger partial charge in [0.2, 0.25) is 5.95 Å². The molecule has 10 heteroatoms. The summed E-state index contributed by atoms with van der Waals surface area (Å²) in [7, 11) is -2.59. The Bertz CT molecular complexity index is 1410. The van der Waals surface area contributed by atoms with E-state index in [1.54, 1.807) is 37.7 Å². The standard InChI is InChI=1S/C29H34Cl2N5O2P/c1-39(2,37)27-14-20(30)6-12-26(27)34-28-25(31)15-32-29(35-28)33-21-7-3-18-4-8-22(9-5-19(18)13-21)36-23-10-11-24(36)17-38-16-23/h3,6-7,12-15,22-24H,4-5,8-11,16-17H2,1-2H3,(H2,32,33,34,35)/t22-,23?,24?/m0/s1. The first-order valence-corrected chi connectivity index (χ1v) is 17.0. The number of nitrogens with zero attached hydrogens (tertiary/aromatic N) is 3. The van der Waals surface area contributed by atoms with Crippen LogP contribution in [0.3, 0.4) is 0 Å². The van der Waals surface area contributed by atoms with Gasteiger partial charge in [-0.3, -0.25) is 4.90 Å². The number of aromatic nitrogens is 2. The highest BCUT2D eigenvalue weighted by Gasteiger charge is 2.41. The third kappa shape index (κ3) is 5.84. The molecule has 0 spiro atoms. The van der Waals surface area contributed by atoms with Gasteiger partial charge in [-0.05, 0) is 93.3 Å². The van der Waals surface area contributed by atoms with Gasteiger partial charge in [0.15, 0.2) is 5.82 Å². The fraction of sp³-hybridized carbons (Fsp3) is 0.448. The Morgan fingerprint density at radius 3 is 2.41 bits per heavy atom. The van der Waals surface area contributed by atoms with Crippen molar-refractivity contribution in [2.75, 3.05) is 37.2 Å². The summed E-state index contributed by atoms with van der Waals surface area (Å²) in [5, 5.41) is 8.14. The normalized spacial score (nSPS) is 23.2. The van der Waals surface area contributed by atoms with Crippen LogP contribution >= 0.6 is 30.3 Å². The van der Waals surface area contributed by atoms with Crippen LogP contribution in [-0.4, -0.2) is 59.5 Å². The van der Waals surface area contributed by atoms with Gasteiger partial charge < -0.3 is 19.9 Å². The topological polar surface area (TPSA) is 79.4 Å². The molecule has 7 nitrogen and oxygen atoms in total. The minimum atomic E-state index is -2.59. The van der Waals surface area contributed by atoms with Crippen molar-refractivity contribution in [1.29, 1.82) is 0 Å². The van der Waals surface area contributed by atoms with Crippen molar-refractivity contribution in [2.24, 2.45) is 0 Å². The number of halogens is 2. The molecule has 0 amide bonds. The zero-order chi connectivity index (χ0) is 27.1. The molecule has 3 aromatic rings. The summed E-state index contributed by atoms with van der Waals surface area (Å²) in [6, 6.07) is 13.7. The van der Waals surface area contributed by atoms with Gasteiger partial charge in [0.05, 0.1) is 25.1 Å². The number of benzene rings is 2. The molecular formula is C29H34Cl2N5O2P. The Hall–Kier alpha value is -2.15. The van der Waals surface area contributed by atoms with E-state index < -0.39 is 7.14 Å². The van der Waals surface area contributed by atoms with E-state index >= 15 is 0 Å². The number of hydrogen-bond donors (Lipinski definition) is 2. The molecule has 39 heavy (non-hydrogen) atoms. The van der Waals surface area contributed by atoms with E-state index in [4.69, 9.17) is 27.9 Å². The highest BCUT2D eigenvalue weighted by Crippen LogP contribution is 2.40. The first-order valence-electron chi connectivity index (χ1n) is 13.6. The molecule has 1 aliphatic carbocycles. The predicted octanol–water partition coefficient (Wildman–Crippen LogP) is 6.63. The number of hydrogen-bond acceptors (Lipinski definition) is 7. The Kier molecular flexibility index (Phi) is 7.64. The SMILES string of the molecule is CP(C)(=O)c1cc(Cl)ccc1Nc1nc(Nc2ccc3c(c2)CC[C@@H](N2C4CCC2COC4)CC3)ncc1Cl. The summed E-state index contributed by atoms with van der Waals surface area (Å²) in [6.45, 7) is 5.21. The van der Waals surface area contributed by atoms with E-state index in [9.17, 15) is 4.57 Å². The lowest BCUT2D eigenvalue weighted by Crippen LogP contribution is -2.51. The highest BCUT2D eigenvalue weighted by molar-refractivity contribution is 7.70. The second kappa shape index (κ2) is 11.0. The van der Waals surface area contributed by atoms with E-state index in [0.29, 0.717) is 50.9 Å². The predicted molar refractivity (Wildman–Crippen MR) is 160 cm³/mol. The van der Waals surface area contributed by atoms with Gasteiger partial charge in [0.25, 0.3) is 0 Å². The lowest BCUT2D eigenvalue weighted by molar-refractivity contribution is -0.0389. The molecule has 6 rings (SSSR count). The molecule has 2 saturated heterocycles. The van der Waals surface area contributed by atoms with Crippen molar-refractivity contribution in [3.05, 3.63) is 63.8 Å². The van der Waals surface area contributed by atoms with Gasteiger partial charge in [0, 0.05) is 34.1 Å². The summed E-state index contributed by atoms with van der Waals surface area (Å²) in [4.78, 5) is 11.8. The average Bonchev–Trinajstić information content (AvgIpc) is 3.05. The maximum absolute atomic E-state index is 12.9. The van der Waals surface area contributed by atoms with Gasteiger partial charge in [0.1, 0.15) is 12.2 Å². The molecule has 2 fully saturated rings. The molecule has 3 atom stereocenters. The van der Waals surface area contributed by atoms with Crippen LogP contribution in [0, 0.1) is 0 Å². The van der Waals surface area contributed by atoms with Gasteiger partial charge >= 0.3 is 0 Å². The fourth-order valence-corrected chi connectivity index (χ4v) is 7.90. The van der Waals surface area contributed by atoms with E-state index in [1.807, 2.05) is 0 Å².